The number of nitrogens with zero attached hydrogens (tertiary/aromatic N) is 1. The van der Waals surface area contributed by atoms with Gasteiger partial charge in [-0.1, -0.05) is 18.0 Å². The number of halogens is 1. The zero-order valence-corrected chi connectivity index (χ0v) is 17.8. The molecule has 2 aromatic carbocycles. The number of amides is 1. The summed E-state index contributed by atoms with van der Waals surface area (Å²) in [5.74, 6) is 0.603. The second-order valence-corrected chi connectivity index (χ2v) is 8.96. The summed E-state index contributed by atoms with van der Waals surface area (Å²) in [6.07, 6.45) is 1.89. The fourth-order valence-corrected chi connectivity index (χ4v) is 5.11. The molecule has 0 radical (unpaired) electrons. The number of nitrogens with one attached hydrogen (secondary N) is 1. The molecule has 1 aliphatic rings. The van der Waals surface area contributed by atoms with Crippen molar-refractivity contribution >= 4 is 33.2 Å². The second kappa shape index (κ2) is 9.02. The van der Waals surface area contributed by atoms with Crippen molar-refractivity contribution in [1.29, 1.82) is 0 Å². The van der Waals surface area contributed by atoms with E-state index in [2.05, 4.69) is 5.32 Å². The lowest BCUT2D eigenvalue weighted by Gasteiger charge is -2.33. The normalized spacial score (nSPS) is 17.6. The van der Waals surface area contributed by atoms with E-state index in [0.717, 1.165) is 6.42 Å². The van der Waals surface area contributed by atoms with Crippen molar-refractivity contribution in [3.8, 4) is 11.5 Å². The number of carbonyl (C=O) groups excluding carboxylic acids is 1. The molecule has 0 bridgehead atoms. The molecule has 0 saturated carbocycles. The number of rotatable bonds is 6. The number of sulfonamides is 1. The molecule has 1 amide bonds. The Morgan fingerprint density at radius 1 is 1.10 bits per heavy atom. The van der Waals surface area contributed by atoms with E-state index in [1.165, 1.54) is 42.8 Å². The first-order valence-electron chi connectivity index (χ1n) is 9.17. The van der Waals surface area contributed by atoms with E-state index in [1.807, 2.05) is 0 Å². The Bertz CT molecular complexity index is 979. The summed E-state index contributed by atoms with van der Waals surface area (Å²) in [6.45, 7) is 0.276. The number of methoxy groups -OCH3 is 2. The highest BCUT2D eigenvalue weighted by Crippen LogP contribution is 2.31. The van der Waals surface area contributed by atoms with Crippen LogP contribution in [0.15, 0.2) is 47.4 Å². The summed E-state index contributed by atoms with van der Waals surface area (Å²) in [5, 5.41) is 3.24. The summed E-state index contributed by atoms with van der Waals surface area (Å²) in [4.78, 5) is 13.2. The van der Waals surface area contributed by atoms with Gasteiger partial charge in [-0.15, -0.1) is 0 Å². The molecular formula is C20H23ClN2O5S. The van der Waals surface area contributed by atoms with Gasteiger partial charge in [-0.3, -0.25) is 4.79 Å². The van der Waals surface area contributed by atoms with E-state index < -0.39 is 22.0 Å². The molecule has 1 heterocycles. The van der Waals surface area contributed by atoms with E-state index in [4.69, 9.17) is 21.1 Å². The van der Waals surface area contributed by atoms with Crippen molar-refractivity contribution in [3.05, 3.63) is 47.5 Å². The van der Waals surface area contributed by atoms with Crippen LogP contribution >= 0.6 is 11.6 Å². The van der Waals surface area contributed by atoms with Gasteiger partial charge in [0.25, 0.3) is 0 Å². The lowest BCUT2D eigenvalue weighted by molar-refractivity contribution is -0.120. The third kappa shape index (κ3) is 4.66. The van der Waals surface area contributed by atoms with Crippen molar-refractivity contribution in [2.75, 3.05) is 26.1 Å². The minimum absolute atomic E-state index is 0.112. The highest BCUT2D eigenvalue weighted by Gasteiger charge is 2.37. The van der Waals surface area contributed by atoms with Crippen LogP contribution in [0.3, 0.4) is 0 Å². The molecule has 2 aromatic rings. The molecule has 1 aliphatic heterocycles. The van der Waals surface area contributed by atoms with Gasteiger partial charge < -0.3 is 14.8 Å². The molecule has 29 heavy (non-hydrogen) atoms. The van der Waals surface area contributed by atoms with Crippen LogP contribution in [0.1, 0.15) is 19.3 Å². The van der Waals surface area contributed by atoms with Gasteiger partial charge >= 0.3 is 0 Å². The second-order valence-electron chi connectivity index (χ2n) is 6.64. The summed E-state index contributed by atoms with van der Waals surface area (Å²) in [7, 11) is -0.818. The van der Waals surface area contributed by atoms with Crippen LogP contribution in [-0.2, 0) is 14.8 Å². The monoisotopic (exact) mass is 438 g/mol. The highest BCUT2D eigenvalue weighted by molar-refractivity contribution is 7.89. The number of hydrogen-bond acceptors (Lipinski definition) is 5. The minimum atomic E-state index is -3.84. The number of ether oxygens (including phenoxy) is 2. The Morgan fingerprint density at radius 2 is 1.83 bits per heavy atom. The van der Waals surface area contributed by atoms with Crippen LogP contribution in [0.4, 0.5) is 5.69 Å². The lowest BCUT2D eigenvalue weighted by atomic mass is 10.0. The van der Waals surface area contributed by atoms with Gasteiger partial charge in [-0.25, -0.2) is 8.42 Å². The van der Waals surface area contributed by atoms with Crippen LogP contribution in [0.25, 0.3) is 0 Å². The number of benzene rings is 2. The fraction of sp³-hybridized carbons (Fsp3) is 0.350. The van der Waals surface area contributed by atoms with Crippen molar-refractivity contribution in [1.82, 2.24) is 4.31 Å². The zero-order valence-electron chi connectivity index (χ0n) is 16.2. The molecule has 0 aliphatic carbocycles. The van der Waals surface area contributed by atoms with E-state index in [0.29, 0.717) is 35.1 Å². The fourth-order valence-electron chi connectivity index (χ4n) is 3.32. The van der Waals surface area contributed by atoms with Crippen molar-refractivity contribution in [2.24, 2.45) is 0 Å². The predicted octanol–water partition coefficient (Wildman–Crippen LogP) is 3.54. The Morgan fingerprint density at radius 3 is 2.48 bits per heavy atom. The predicted molar refractivity (Wildman–Crippen MR) is 111 cm³/mol. The summed E-state index contributed by atoms with van der Waals surface area (Å²) >= 11 is 5.88. The molecule has 156 valence electrons. The average Bonchev–Trinajstić information content (AvgIpc) is 2.74. The Labute approximate surface area is 175 Å². The van der Waals surface area contributed by atoms with Crippen LogP contribution in [0.5, 0.6) is 11.5 Å². The summed E-state index contributed by atoms with van der Waals surface area (Å²) < 4.78 is 38.1. The average molecular weight is 439 g/mol. The number of carbonyl (C=O) groups is 1. The molecule has 1 N–H and O–H groups in total. The van der Waals surface area contributed by atoms with E-state index in [-0.39, 0.29) is 11.4 Å². The Hall–Kier alpha value is -2.29. The topological polar surface area (TPSA) is 84.9 Å². The molecule has 1 saturated heterocycles. The largest absolute Gasteiger partial charge is 0.497 e. The Balaban J connectivity index is 1.88. The van der Waals surface area contributed by atoms with Crippen LogP contribution in [-0.4, -0.2) is 45.4 Å². The van der Waals surface area contributed by atoms with E-state index >= 15 is 0 Å². The van der Waals surface area contributed by atoms with E-state index in [1.54, 1.807) is 18.2 Å². The van der Waals surface area contributed by atoms with Gasteiger partial charge in [-0.2, -0.15) is 4.31 Å². The van der Waals surface area contributed by atoms with Gasteiger partial charge in [0, 0.05) is 17.6 Å². The van der Waals surface area contributed by atoms with Crippen molar-refractivity contribution < 1.29 is 22.7 Å². The van der Waals surface area contributed by atoms with Crippen LogP contribution < -0.4 is 14.8 Å². The first-order valence-corrected chi connectivity index (χ1v) is 11.0. The third-order valence-corrected chi connectivity index (χ3v) is 7.02. The Kier molecular flexibility index (Phi) is 6.66. The maximum absolute atomic E-state index is 13.1. The zero-order chi connectivity index (χ0) is 21.0. The maximum atomic E-state index is 13.1. The number of hydrogen-bond donors (Lipinski definition) is 1. The number of piperidine rings is 1. The van der Waals surface area contributed by atoms with Crippen molar-refractivity contribution in [3.63, 3.8) is 0 Å². The van der Waals surface area contributed by atoms with Gasteiger partial charge in [0.15, 0.2) is 0 Å². The molecule has 0 unspecified atom stereocenters. The summed E-state index contributed by atoms with van der Waals surface area (Å²) in [6, 6.07) is 10.2. The van der Waals surface area contributed by atoms with Crippen LogP contribution in [0, 0.1) is 0 Å². The minimum Gasteiger partial charge on any atom is -0.497 e. The number of anilines is 1. The van der Waals surface area contributed by atoms with Gasteiger partial charge in [0.05, 0.1) is 24.8 Å². The standard InChI is InChI=1S/C20H23ClN2O5S/c1-27-15-8-11-19(28-2)17(13-15)22-20(24)18-5-3-4-12-23(18)29(25,26)16-9-6-14(21)7-10-16/h6-11,13,18H,3-5,12H2,1-2H3,(H,22,24)/t18-/m0/s1. The smallest absolute Gasteiger partial charge is 0.243 e. The molecule has 1 atom stereocenters. The molecule has 9 heteroatoms. The first kappa shape index (κ1) is 21.4. The molecule has 3 rings (SSSR count). The van der Waals surface area contributed by atoms with Crippen LogP contribution in [0.2, 0.25) is 5.02 Å². The van der Waals surface area contributed by atoms with Crippen molar-refractivity contribution in [2.45, 2.75) is 30.2 Å². The highest BCUT2D eigenvalue weighted by atomic mass is 35.5. The molecule has 1 fully saturated rings. The molecule has 0 aromatic heterocycles. The summed E-state index contributed by atoms with van der Waals surface area (Å²) in [5.41, 5.74) is 0.422. The molecular weight excluding hydrogens is 416 g/mol. The van der Waals surface area contributed by atoms with Gasteiger partial charge in [0.2, 0.25) is 15.9 Å². The maximum Gasteiger partial charge on any atom is 0.243 e. The molecule has 0 spiro atoms. The lowest BCUT2D eigenvalue weighted by Crippen LogP contribution is -2.49. The third-order valence-electron chi connectivity index (χ3n) is 4.84. The molecule has 7 nitrogen and oxygen atoms in total. The van der Waals surface area contributed by atoms with E-state index in [9.17, 15) is 13.2 Å². The van der Waals surface area contributed by atoms with Gasteiger partial charge in [0.1, 0.15) is 17.5 Å². The first-order chi connectivity index (χ1) is 13.9. The SMILES string of the molecule is COc1ccc(OC)c(NC(=O)[C@@H]2CCCCN2S(=O)(=O)c2ccc(Cl)cc2)c1. The van der Waals surface area contributed by atoms with Gasteiger partial charge in [-0.05, 0) is 49.2 Å². The quantitative estimate of drug-likeness (QED) is 0.745.